The van der Waals surface area contributed by atoms with Crippen LogP contribution in [0.15, 0.2) is 12.3 Å². The molecule has 0 saturated carbocycles. The van der Waals surface area contributed by atoms with Crippen LogP contribution in [0, 0.1) is 0 Å². The van der Waals surface area contributed by atoms with Crippen LogP contribution < -0.4 is 0 Å². The van der Waals surface area contributed by atoms with E-state index in [2.05, 4.69) is 6.92 Å². The van der Waals surface area contributed by atoms with Crippen molar-refractivity contribution in [2.75, 3.05) is 6.61 Å². The molecule has 1 heterocycles. The van der Waals surface area contributed by atoms with Gasteiger partial charge in [0.2, 0.25) is 0 Å². The number of aliphatic hydroxyl groups is 1. The number of hydrogen-bond acceptors (Lipinski definition) is 3. The fraction of sp³-hybridized carbons (Fsp3) is 0.800. The maximum Gasteiger partial charge on any atom is 0.124 e. The lowest BCUT2D eigenvalue weighted by Crippen LogP contribution is -2.40. The zero-order valence-corrected chi connectivity index (χ0v) is 8.27. The van der Waals surface area contributed by atoms with Crippen LogP contribution in [0.1, 0.15) is 26.7 Å². The summed E-state index contributed by atoms with van der Waals surface area (Å²) in [6, 6.07) is 0. The lowest BCUT2D eigenvalue weighted by atomic mass is 10.1. The second-order valence-electron chi connectivity index (χ2n) is 3.35. The molecule has 1 aliphatic heterocycles. The highest BCUT2D eigenvalue weighted by atomic mass is 16.5. The largest absolute Gasteiger partial charge is 0.496 e. The maximum absolute atomic E-state index is 9.55. The normalized spacial score (nSPS) is 33.0. The molecular formula is C10H18O3. The van der Waals surface area contributed by atoms with E-state index in [0.29, 0.717) is 6.61 Å². The van der Waals surface area contributed by atoms with Crippen molar-refractivity contribution in [2.24, 2.45) is 0 Å². The van der Waals surface area contributed by atoms with Gasteiger partial charge in [-0.15, -0.1) is 0 Å². The second-order valence-corrected chi connectivity index (χ2v) is 3.35. The van der Waals surface area contributed by atoms with Crippen LogP contribution in [-0.4, -0.2) is 30.0 Å². The highest BCUT2D eigenvalue weighted by Crippen LogP contribution is 2.15. The lowest BCUT2D eigenvalue weighted by Gasteiger charge is -2.29. The molecule has 0 saturated heterocycles. The zero-order chi connectivity index (χ0) is 9.68. The Labute approximate surface area is 79.3 Å². The predicted molar refractivity (Wildman–Crippen MR) is 50.3 cm³/mol. The van der Waals surface area contributed by atoms with Crippen LogP contribution in [0.2, 0.25) is 0 Å². The van der Waals surface area contributed by atoms with Crippen molar-refractivity contribution >= 4 is 0 Å². The van der Waals surface area contributed by atoms with Crippen molar-refractivity contribution in [1.82, 2.24) is 0 Å². The molecule has 1 aliphatic rings. The van der Waals surface area contributed by atoms with Gasteiger partial charge >= 0.3 is 0 Å². The van der Waals surface area contributed by atoms with Gasteiger partial charge in [-0.2, -0.15) is 0 Å². The molecule has 0 bridgehead atoms. The third-order valence-corrected chi connectivity index (χ3v) is 2.18. The molecule has 0 aliphatic carbocycles. The van der Waals surface area contributed by atoms with Crippen LogP contribution in [0.4, 0.5) is 0 Å². The molecule has 76 valence electrons. The van der Waals surface area contributed by atoms with Gasteiger partial charge in [0.05, 0.1) is 6.26 Å². The van der Waals surface area contributed by atoms with Crippen LogP contribution >= 0.6 is 0 Å². The van der Waals surface area contributed by atoms with Gasteiger partial charge in [-0.3, -0.25) is 0 Å². The summed E-state index contributed by atoms with van der Waals surface area (Å²) in [5.41, 5.74) is 0. The highest BCUT2D eigenvalue weighted by Gasteiger charge is 2.27. The van der Waals surface area contributed by atoms with Crippen molar-refractivity contribution in [2.45, 2.75) is 45.0 Å². The van der Waals surface area contributed by atoms with Crippen molar-refractivity contribution in [3.05, 3.63) is 12.3 Å². The SMILES string of the molecule is CCCCO[C@H]1[C@H](C)OC=C[C@@H]1O. The number of aliphatic hydroxyl groups excluding tert-OH is 1. The Bertz CT molecular complexity index is 168. The quantitative estimate of drug-likeness (QED) is 0.676. The molecule has 3 heteroatoms. The molecule has 0 spiro atoms. The summed E-state index contributed by atoms with van der Waals surface area (Å²) in [6.45, 7) is 4.71. The molecule has 0 unspecified atom stereocenters. The smallest absolute Gasteiger partial charge is 0.124 e. The van der Waals surface area contributed by atoms with E-state index in [4.69, 9.17) is 9.47 Å². The Hall–Kier alpha value is -0.540. The molecule has 3 atom stereocenters. The van der Waals surface area contributed by atoms with E-state index in [9.17, 15) is 5.11 Å². The molecule has 3 nitrogen and oxygen atoms in total. The summed E-state index contributed by atoms with van der Waals surface area (Å²) in [6.07, 6.45) is 4.49. The van der Waals surface area contributed by atoms with Crippen LogP contribution in [0.3, 0.4) is 0 Å². The van der Waals surface area contributed by atoms with Crippen LogP contribution in [0.5, 0.6) is 0 Å². The molecule has 0 aromatic carbocycles. The van der Waals surface area contributed by atoms with E-state index < -0.39 is 6.10 Å². The van der Waals surface area contributed by atoms with Gasteiger partial charge < -0.3 is 14.6 Å². The average molecular weight is 186 g/mol. The van der Waals surface area contributed by atoms with E-state index in [0.717, 1.165) is 12.8 Å². The van der Waals surface area contributed by atoms with Gasteiger partial charge in [0.25, 0.3) is 0 Å². The van der Waals surface area contributed by atoms with E-state index >= 15 is 0 Å². The Morgan fingerprint density at radius 2 is 2.31 bits per heavy atom. The van der Waals surface area contributed by atoms with Crippen molar-refractivity contribution in [3.63, 3.8) is 0 Å². The molecule has 0 fully saturated rings. The summed E-state index contributed by atoms with van der Waals surface area (Å²) < 4.78 is 10.7. The maximum atomic E-state index is 9.55. The van der Waals surface area contributed by atoms with Crippen LogP contribution in [0.25, 0.3) is 0 Å². The van der Waals surface area contributed by atoms with Crippen molar-refractivity contribution in [1.29, 1.82) is 0 Å². The first-order chi connectivity index (χ1) is 6.25. The van der Waals surface area contributed by atoms with E-state index in [1.54, 1.807) is 6.08 Å². The Morgan fingerprint density at radius 3 is 2.92 bits per heavy atom. The minimum absolute atomic E-state index is 0.0585. The minimum Gasteiger partial charge on any atom is -0.496 e. The Morgan fingerprint density at radius 1 is 1.54 bits per heavy atom. The monoisotopic (exact) mass is 186 g/mol. The lowest BCUT2D eigenvalue weighted by molar-refractivity contribution is -0.0954. The van der Waals surface area contributed by atoms with Gasteiger partial charge in [0.1, 0.15) is 18.3 Å². The third-order valence-electron chi connectivity index (χ3n) is 2.18. The topological polar surface area (TPSA) is 38.7 Å². The van der Waals surface area contributed by atoms with Crippen molar-refractivity contribution < 1.29 is 14.6 Å². The average Bonchev–Trinajstić information content (AvgIpc) is 2.10. The predicted octanol–water partition coefficient (Wildman–Crippen LogP) is 1.46. The number of rotatable bonds is 4. The molecule has 0 radical (unpaired) electrons. The Kier molecular flexibility index (Phi) is 4.25. The summed E-state index contributed by atoms with van der Waals surface area (Å²) in [7, 11) is 0. The molecule has 0 aromatic heterocycles. The molecule has 1 N–H and O–H groups in total. The first-order valence-electron chi connectivity index (χ1n) is 4.87. The minimum atomic E-state index is -0.527. The van der Waals surface area contributed by atoms with E-state index in [-0.39, 0.29) is 12.2 Å². The molecule has 0 aromatic rings. The zero-order valence-electron chi connectivity index (χ0n) is 8.27. The van der Waals surface area contributed by atoms with E-state index in [1.165, 1.54) is 6.26 Å². The first-order valence-corrected chi connectivity index (χ1v) is 4.87. The number of unbranched alkanes of at least 4 members (excludes halogenated alkanes) is 1. The first kappa shape index (κ1) is 10.5. The molecule has 0 amide bonds. The number of hydrogen-bond donors (Lipinski definition) is 1. The molecular weight excluding hydrogens is 168 g/mol. The van der Waals surface area contributed by atoms with Gasteiger partial charge in [-0.05, 0) is 19.4 Å². The van der Waals surface area contributed by atoms with Crippen molar-refractivity contribution in [3.8, 4) is 0 Å². The number of ether oxygens (including phenoxy) is 2. The van der Waals surface area contributed by atoms with Gasteiger partial charge in [0.15, 0.2) is 0 Å². The summed E-state index contributed by atoms with van der Waals surface area (Å²) in [4.78, 5) is 0. The van der Waals surface area contributed by atoms with Gasteiger partial charge in [-0.25, -0.2) is 0 Å². The highest BCUT2D eigenvalue weighted by molar-refractivity contribution is 4.96. The van der Waals surface area contributed by atoms with Crippen LogP contribution in [-0.2, 0) is 9.47 Å². The Balaban J connectivity index is 2.33. The summed E-state index contributed by atoms with van der Waals surface area (Å²) in [5.74, 6) is 0. The fourth-order valence-electron chi connectivity index (χ4n) is 1.31. The molecule has 1 rings (SSSR count). The van der Waals surface area contributed by atoms with Gasteiger partial charge in [-0.1, -0.05) is 13.3 Å². The fourth-order valence-corrected chi connectivity index (χ4v) is 1.31. The standard InChI is InChI=1S/C10H18O3/c1-3-4-6-13-10-8(2)12-7-5-9(10)11/h5,7-11H,3-4,6H2,1-2H3/t8-,9-,10-/m0/s1. The third kappa shape index (κ3) is 3.01. The molecule has 13 heavy (non-hydrogen) atoms. The second kappa shape index (κ2) is 5.25. The summed E-state index contributed by atoms with van der Waals surface area (Å²) >= 11 is 0. The van der Waals surface area contributed by atoms with E-state index in [1.807, 2.05) is 6.92 Å². The summed E-state index contributed by atoms with van der Waals surface area (Å²) in [5, 5.41) is 9.55. The van der Waals surface area contributed by atoms with Gasteiger partial charge in [0, 0.05) is 6.61 Å².